The Kier molecular flexibility index (Phi) is 2.99. The van der Waals surface area contributed by atoms with Gasteiger partial charge in [-0.2, -0.15) is 5.10 Å². The van der Waals surface area contributed by atoms with E-state index in [4.69, 9.17) is 5.73 Å². The van der Waals surface area contributed by atoms with Gasteiger partial charge in [0.25, 0.3) is 0 Å². The molecule has 16 heavy (non-hydrogen) atoms. The van der Waals surface area contributed by atoms with Crippen LogP contribution in [0.15, 0.2) is 6.20 Å². The Labute approximate surface area is 95.8 Å². The molecule has 2 rings (SSSR count). The van der Waals surface area contributed by atoms with Gasteiger partial charge in [-0.15, -0.1) is 0 Å². The van der Waals surface area contributed by atoms with E-state index < -0.39 is 0 Å². The predicted molar refractivity (Wildman–Crippen MR) is 61.9 cm³/mol. The summed E-state index contributed by atoms with van der Waals surface area (Å²) in [4.78, 5) is 11.3. The highest BCUT2D eigenvalue weighted by molar-refractivity contribution is 5.77. The molecule has 1 aliphatic carbocycles. The number of carbonyl (C=O) groups excluding carboxylic acids is 1. The van der Waals surface area contributed by atoms with Crippen LogP contribution in [0, 0.1) is 5.92 Å². The molecule has 0 aromatic carbocycles. The first-order valence-electron chi connectivity index (χ1n) is 5.94. The second kappa shape index (κ2) is 4.28. The summed E-state index contributed by atoms with van der Waals surface area (Å²) >= 11 is 0. The maximum atomic E-state index is 11.3. The van der Waals surface area contributed by atoms with Gasteiger partial charge in [-0.3, -0.25) is 9.48 Å². The Morgan fingerprint density at radius 3 is 3.00 bits per heavy atom. The molecule has 0 spiro atoms. The minimum absolute atomic E-state index is 0.0181. The minimum atomic E-state index is -0.177. The zero-order valence-electron chi connectivity index (χ0n) is 9.94. The summed E-state index contributed by atoms with van der Waals surface area (Å²) in [5.74, 6) is -0.195. The number of aryl methyl sites for hydroxylation is 1. The van der Waals surface area contributed by atoms with Crippen LogP contribution in [0.25, 0.3) is 0 Å². The molecule has 0 radical (unpaired) electrons. The first-order valence-corrected chi connectivity index (χ1v) is 5.94. The molecule has 4 heteroatoms. The Balaban J connectivity index is 2.32. The molecule has 0 aliphatic heterocycles. The molecule has 1 atom stereocenters. The predicted octanol–water partition coefficient (Wildman–Crippen LogP) is 1.44. The molecule has 0 fully saturated rings. The molecular formula is C12H19N3O. The van der Waals surface area contributed by atoms with Gasteiger partial charge in [0.05, 0.1) is 6.20 Å². The molecule has 1 aliphatic rings. The van der Waals surface area contributed by atoms with Crippen molar-refractivity contribution in [2.75, 3.05) is 0 Å². The van der Waals surface area contributed by atoms with Crippen LogP contribution in [0.5, 0.6) is 0 Å². The summed E-state index contributed by atoms with van der Waals surface area (Å²) in [6.45, 7) is 4.22. The molecule has 0 saturated heterocycles. The number of fused-ring (bicyclic) bond motifs is 1. The molecule has 4 nitrogen and oxygen atoms in total. The van der Waals surface area contributed by atoms with Gasteiger partial charge < -0.3 is 5.73 Å². The maximum Gasteiger partial charge on any atom is 0.220 e. The van der Waals surface area contributed by atoms with E-state index in [9.17, 15) is 4.79 Å². The number of carbonyl (C=O) groups is 1. The van der Waals surface area contributed by atoms with Crippen molar-refractivity contribution in [2.24, 2.45) is 11.7 Å². The SMILES string of the molecule is CC(C)n1ncc2c1C[C@H](C(N)=O)CCC2. The van der Waals surface area contributed by atoms with Crippen LogP contribution in [0.2, 0.25) is 0 Å². The van der Waals surface area contributed by atoms with Crippen molar-refractivity contribution in [1.29, 1.82) is 0 Å². The van der Waals surface area contributed by atoms with Gasteiger partial charge in [-0.05, 0) is 38.7 Å². The smallest absolute Gasteiger partial charge is 0.220 e. The van der Waals surface area contributed by atoms with Crippen LogP contribution in [0.4, 0.5) is 0 Å². The third-order valence-corrected chi connectivity index (χ3v) is 3.32. The first kappa shape index (κ1) is 11.2. The molecule has 0 unspecified atom stereocenters. The average molecular weight is 221 g/mol. The molecule has 0 bridgehead atoms. The van der Waals surface area contributed by atoms with Gasteiger partial charge in [0.1, 0.15) is 0 Å². The Morgan fingerprint density at radius 2 is 2.38 bits per heavy atom. The van der Waals surface area contributed by atoms with Crippen LogP contribution < -0.4 is 5.73 Å². The van der Waals surface area contributed by atoms with E-state index in [1.165, 1.54) is 11.3 Å². The fourth-order valence-corrected chi connectivity index (χ4v) is 2.42. The van der Waals surface area contributed by atoms with Gasteiger partial charge in [0, 0.05) is 24.1 Å². The Bertz CT molecular complexity index is 395. The van der Waals surface area contributed by atoms with Crippen molar-refractivity contribution in [2.45, 2.75) is 45.6 Å². The van der Waals surface area contributed by atoms with E-state index in [1.807, 2.05) is 10.9 Å². The standard InChI is InChI=1S/C12H19N3O/c1-8(2)15-11-6-9(12(13)16)4-3-5-10(11)7-14-15/h7-9H,3-6H2,1-2H3,(H2,13,16)/t9-/m1/s1. The lowest BCUT2D eigenvalue weighted by atomic mass is 9.99. The summed E-state index contributed by atoms with van der Waals surface area (Å²) in [5, 5.41) is 4.40. The fraction of sp³-hybridized carbons (Fsp3) is 0.667. The van der Waals surface area contributed by atoms with Crippen molar-refractivity contribution in [3.05, 3.63) is 17.5 Å². The molecule has 1 aromatic heterocycles. The van der Waals surface area contributed by atoms with Gasteiger partial charge in [0.15, 0.2) is 0 Å². The fourth-order valence-electron chi connectivity index (χ4n) is 2.42. The minimum Gasteiger partial charge on any atom is -0.369 e. The first-order chi connectivity index (χ1) is 7.59. The number of nitrogens with two attached hydrogens (primary N) is 1. The molecule has 0 saturated carbocycles. The molecule has 1 heterocycles. The van der Waals surface area contributed by atoms with E-state index in [0.717, 1.165) is 25.7 Å². The van der Waals surface area contributed by atoms with Crippen LogP contribution in [0.3, 0.4) is 0 Å². The summed E-state index contributed by atoms with van der Waals surface area (Å²) in [6.07, 6.45) is 5.65. The third kappa shape index (κ3) is 1.96. The summed E-state index contributed by atoms with van der Waals surface area (Å²) in [7, 11) is 0. The zero-order chi connectivity index (χ0) is 11.7. The number of hydrogen-bond acceptors (Lipinski definition) is 2. The van der Waals surface area contributed by atoms with Crippen molar-refractivity contribution >= 4 is 5.91 Å². The Morgan fingerprint density at radius 1 is 1.62 bits per heavy atom. The normalized spacial score (nSPS) is 20.6. The average Bonchev–Trinajstić information content (AvgIpc) is 2.48. The van der Waals surface area contributed by atoms with Crippen LogP contribution in [0.1, 0.15) is 44.0 Å². The lowest BCUT2D eigenvalue weighted by Gasteiger charge is -2.14. The van der Waals surface area contributed by atoms with Crippen LogP contribution in [-0.4, -0.2) is 15.7 Å². The summed E-state index contributed by atoms with van der Waals surface area (Å²) in [5.41, 5.74) is 7.91. The lowest BCUT2D eigenvalue weighted by Crippen LogP contribution is -2.25. The van der Waals surface area contributed by atoms with Gasteiger partial charge >= 0.3 is 0 Å². The largest absolute Gasteiger partial charge is 0.369 e. The van der Waals surface area contributed by atoms with Gasteiger partial charge in [-0.1, -0.05) is 0 Å². The lowest BCUT2D eigenvalue weighted by molar-refractivity contribution is -0.122. The number of aromatic nitrogens is 2. The molecule has 1 aromatic rings. The number of amides is 1. The second-order valence-electron chi connectivity index (χ2n) is 4.85. The molecule has 88 valence electrons. The topological polar surface area (TPSA) is 60.9 Å². The highest BCUT2D eigenvalue weighted by Gasteiger charge is 2.24. The van der Waals surface area contributed by atoms with E-state index in [0.29, 0.717) is 6.04 Å². The van der Waals surface area contributed by atoms with Crippen molar-refractivity contribution in [3.8, 4) is 0 Å². The van der Waals surface area contributed by atoms with Crippen molar-refractivity contribution < 1.29 is 4.79 Å². The van der Waals surface area contributed by atoms with E-state index in [2.05, 4.69) is 18.9 Å². The molecule has 1 amide bonds. The number of rotatable bonds is 2. The highest BCUT2D eigenvalue weighted by atomic mass is 16.1. The Hall–Kier alpha value is -1.32. The van der Waals surface area contributed by atoms with Gasteiger partial charge in [-0.25, -0.2) is 0 Å². The third-order valence-electron chi connectivity index (χ3n) is 3.32. The highest BCUT2D eigenvalue weighted by Crippen LogP contribution is 2.26. The van der Waals surface area contributed by atoms with E-state index in [1.54, 1.807) is 0 Å². The van der Waals surface area contributed by atoms with Gasteiger partial charge in [0.2, 0.25) is 5.91 Å². The number of primary amides is 1. The van der Waals surface area contributed by atoms with Crippen molar-refractivity contribution in [3.63, 3.8) is 0 Å². The number of nitrogens with zero attached hydrogens (tertiary/aromatic N) is 2. The molecular weight excluding hydrogens is 202 g/mol. The van der Waals surface area contributed by atoms with Crippen LogP contribution in [-0.2, 0) is 17.6 Å². The second-order valence-corrected chi connectivity index (χ2v) is 4.85. The van der Waals surface area contributed by atoms with Crippen molar-refractivity contribution in [1.82, 2.24) is 9.78 Å². The monoisotopic (exact) mass is 221 g/mol. The van der Waals surface area contributed by atoms with Crippen LogP contribution >= 0.6 is 0 Å². The molecule has 2 N–H and O–H groups in total. The maximum absolute atomic E-state index is 11.3. The number of hydrogen-bond donors (Lipinski definition) is 1. The van der Waals surface area contributed by atoms with E-state index >= 15 is 0 Å². The summed E-state index contributed by atoms with van der Waals surface area (Å²) in [6, 6.07) is 0.343. The zero-order valence-corrected chi connectivity index (χ0v) is 9.94. The summed E-state index contributed by atoms with van der Waals surface area (Å²) < 4.78 is 2.02. The quantitative estimate of drug-likeness (QED) is 0.768. The van der Waals surface area contributed by atoms with E-state index in [-0.39, 0.29) is 11.8 Å².